The maximum atomic E-state index is 11.4. The first kappa shape index (κ1) is 10.3. The number of rotatable bonds is 4. The van der Waals surface area contributed by atoms with Crippen LogP contribution in [0.3, 0.4) is 0 Å². The van der Waals surface area contributed by atoms with Crippen LogP contribution >= 0.6 is 11.6 Å². The van der Waals surface area contributed by atoms with Crippen LogP contribution in [0.1, 0.15) is 12.8 Å². The number of nitrogens with zero attached hydrogens (tertiary/aromatic N) is 2. The quantitative estimate of drug-likeness (QED) is 0.746. The van der Waals surface area contributed by atoms with E-state index in [-0.39, 0.29) is 11.9 Å². The van der Waals surface area contributed by atoms with E-state index in [4.69, 9.17) is 11.6 Å². The van der Waals surface area contributed by atoms with E-state index in [0.29, 0.717) is 17.7 Å². The molecule has 0 atom stereocenters. The maximum Gasteiger partial charge on any atom is 0.240 e. The zero-order valence-electron chi connectivity index (χ0n) is 8.03. The highest BCUT2D eigenvalue weighted by Crippen LogP contribution is 2.18. The summed E-state index contributed by atoms with van der Waals surface area (Å²) in [5.41, 5.74) is 0. The molecule has 5 nitrogen and oxygen atoms in total. The van der Waals surface area contributed by atoms with Gasteiger partial charge in [-0.3, -0.25) is 10.1 Å². The van der Waals surface area contributed by atoms with Crippen LogP contribution in [0, 0.1) is 0 Å². The van der Waals surface area contributed by atoms with E-state index in [1.165, 1.54) is 6.20 Å². The first-order valence-electron chi connectivity index (χ1n) is 4.76. The standard InChI is InChI=1S/C9H11ClN4O/c10-7-3-4-11-9(13-7)14-8(15)5-12-6-1-2-6/h3-4,6,12H,1-2,5H2,(H,11,13,14,15). The van der Waals surface area contributed by atoms with Gasteiger partial charge in [0.2, 0.25) is 11.9 Å². The lowest BCUT2D eigenvalue weighted by atomic mass is 10.5. The fourth-order valence-corrected chi connectivity index (χ4v) is 1.23. The highest BCUT2D eigenvalue weighted by atomic mass is 35.5. The molecule has 0 aromatic carbocycles. The highest BCUT2D eigenvalue weighted by molar-refractivity contribution is 6.29. The summed E-state index contributed by atoms with van der Waals surface area (Å²) in [6, 6.07) is 2.07. The van der Waals surface area contributed by atoms with Gasteiger partial charge in [-0.25, -0.2) is 9.97 Å². The van der Waals surface area contributed by atoms with Crippen molar-refractivity contribution in [2.75, 3.05) is 11.9 Å². The van der Waals surface area contributed by atoms with Gasteiger partial charge < -0.3 is 5.32 Å². The van der Waals surface area contributed by atoms with Crippen molar-refractivity contribution in [2.24, 2.45) is 0 Å². The van der Waals surface area contributed by atoms with E-state index in [2.05, 4.69) is 20.6 Å². The molecule has 2 rings (SSSR count). The average Bonchev–Trinajstić information content (AvgIpc) is 2.98. The third-order valence-corrected chi connectivity index (χ3v) is 2.21. The van der Waals surface area contributed by atoms with Crippen molar-refractivity contribution in [1.29, 1.82) is 0 Å². The van der Waals surface area contributed by atoms with Crippen molar-refractivity contribution in [3.8, 4) is 0 Å². The number of halogens is 1. The second-order valence-electron chi connectivity index (χ2n) is 3.41. The van der Waals surface area contributed by atoms with Gasteiger partial charge in [0, 0.05) is 12.2 Å². The predicted molar refractivity (Wildman–Crippen MR) is 56.7 cm³/mol. The summed E-state index contributed by atoms with van der Waals surface area (Å²) in [5, 5.41) is 5.96. The Balaban J connectivity index is 1.81. The smallest absolute Gasteiger partial charge is 0.240 e. The van der Waals surface area contributed by atoms with E-state index >= 15 is 0 Å². The predicted octanol–water partition coefficient (Wildman–Crippen LogP) is 0.820. The van der Waals surface area contributed by atoms with E-state index in [1.54, 1.807) is 6.07 Å². The van der Waals surface area contributed by atoms with Crippen LogP contribution in [0.2, 0.25) is 5.15 Å². The van der Waals surface area contributed by atoms with E-state index in [1.807, 2.05) is 0 Å². The third kappa shape index (κ3) is 3.45. The molecule has 1 aromatic rings. The van der Waals surface area contributed by atoms with Crippen molar-refractivity contribution < 1.29 is 4.79 Å². The summed E-state index contributed by atoms with van der Waals surface area (Å²) in [6.07, 6.45) is 3.81. The summed E-state index contributed by atoms with van der Waals surface area (Å²) < 4.78 is 0. The number of anilines is 1. The number of carbonyl (C=O) groups is 1. The maximum absolute atomic E-state index is 11.4. The molecule has 1 fully saturated rings. The molecule has 1 aromatic heterocycles. The first-order valence-corrected chi connectivity index (χ1v) is 5.13. The van der Waals surface area contributed by atoms with Crippen LogP contribution in [0.4, 0.5) is 5.95 Å². The normalized spacial score (nSPS) is 15.0. The summed E-state index contributed by atoms with van der Waals surface area (Å²) >= 11 is 5.65. The Morgan fingerprint density at radius 3 is 3.07 bits per heavy atom. The monoisotopic (exact) mass is 226 g/mol. The van der Waals surface area contributed by atoms with E-state index < -0.39 is 0 Å². The fraction of sp³-hybridized carbons (Fsp3) is 0.444. The van der Waals surface area contributed by atoms with Crippen LogP contribution in [-0.4, -0.2) is 28.5 Å². The number of nitrogens with one attached hydrogen (secondary N) is 2. The molecular formula is C9H11ClN4O. The number of amides is 1. The molecule has 0 aliphatic heterocycles. The van der Waals surface area contributed by atoms with Gasteiger partial charge in [-0.1, -0.05) is 11.6 Å². The molecule has 0 spiro atoms. The fourth-order valence-electron chi connectivity index (χ4n) is 1.09. The summed E-state index contributed by atoms with van der Waals surface area (Å²) in [6.45, 7) is 0.292. The minimum Gasteiger partial charge on any atom is -0.306 e. The number of aromatic nitrogens is 2. The number of hydrogen-bond acceptors (Lipinski definition) is 4. The molecule has 80 valence electrons. The van der Waals surface area contributed by atoms with Crippen molar-refractivity contribution in [3.63, 3.8) is 0 Å². The van der Waals surface area contributed by atoms with Crippen molar-refractivity contribution in [1.82, 2.24) is 15.3 Å². The lowest BCUT2D eigenvalue weighted by Gasteiger charge is -2.03. The van der Waals surface area contributed by atoms with Gasteiger partial charge in [0.05, 0.1) is 6.54 Å². The molecule has 6 heteroatoms. The van der Waals surface area contributed by atoms with Crippen molar-refractivity contribution >= 4 is 23.5 Å². The highest BCUT2D eigenvalue weighted by Gasteiger charge is 2.21. The molecule has 15 heavy (non-hydrogen) atoms. The summed E-state index contributed by atoms with van der Waals surface area (Å²) in [7, 11) is 0. The van der Waals surface area contributed by atoms with Gasteiger partial charge in [-0.05, 0) is 18.9 Å². The van der Waals surface area contributed by atoms with Crippen LogP contribution in [0.15, 0.2) is 12.3 Å². The van der Waals surface area contributed by atoms with Gasteiger partial charge >= 0.3 is 0 Å². The first-order chi connectivity index (χ1) is 7.24. The van der Waals surface area contributed by atoms with Gasteiger partial charge in [-0.2, -0.15) is 0 Å². The lowest BCUT2D eigenvalue weighted by Crippen LogP contribution is -2.30. The molecule has 1 heterocycles. The van der Waals surface area contributed by atoms with E-state index in [0.717, 1.165) is 12.8 Å². The second-order valence-corrected chi connectivity index (χ2v) is 3.79. The van der Waals surface area contributed by atoms with Crippen LogP contribution < -0.4 is 10.6 Å². The Kier molecular flexibility index (Phi) is 3.13. The molecule has 1 aliphatic carbocycles. The molecular weight excluding hydrogens is 216 g/mol. The summed E-state index contributed by atoms with van der Waals surface area (Å²) in [5.74, 6) is 0.0919. The van der Waals surface area contributed by atoms with Crippen molar-refractivity contribution in [3.05, 3.63) is 17.4 Å². The van der Waals surface area contributed by atoms with Crippen molar-refractivity contribution in [2.45, 2.75) is 18.9 Å². The Bertz CT molecular complexity index is 367. The Hall–Kier alpha value is -1.20. The Morgan fingerprint density at radius 1 is 1.60 bits per heavy atom. The zero-order chi connectivity index (χ0) is 10.7. The molecule has 0 bridgehead atoms. The summed E-state index contributed by atoms with van der Waals surface area (Å²) in [4.78, 5) is 19.1. The number of carbonyl (C=O) groups excluding carboxylic acids is 1. The molecule has 1 saturated carbocycles. The minimum atomic E-state index is -0.149. The second kappa shape index (κ2) is 4.55. The number of hydrogen-bond donors (Lipinski definition) is 2. The largest absolute Gasteiger partial charge is 0.306 e. The Morgan fingerprint density at radius 2 is 2.40 bits per heavy atom. The van der Waals surface area contributed by atoms with Gasteiger partial charge in [0.25, 0.3) is 0 Å². The van der Waals surface area contributed by atoms with Gasteiger partial charge in [0.15, 0.2) is 0 Å². The zero-order valence-corrected chi connectivity index (χ0v) is 8.79. The average molecular weight is 227 g/mol. The van der Waals surface area contributed by atoms with Crippen LogP contribution in [-0.2, 0) is 4.79 Å². The topological polar surface area (TPSA) is 66.9 Å². The van der Waals surface area contributed by atoms with Crippen LogP contribution in [0.25, 0.3) is 0 Å². The molecule has 0 radical (unpaired) electrons. The molecule has 1 aliphatic rings. The minimum absolute atomic E-state index is 0.149. The Labute approximate surface area is 92.3 Å². The SMILES string of the molecule is O=C(CNC1CC1)Nc1nccc(Cl)n1. The van der Waals surface area contributed by atoms with E-state index in [9.17, 15) is 4.79 Å². The molecule has 2 N–H and O–H groups in total. The molecule has 1 amide bonds. The lowest BCUT2D eigenvalue weighted by molar-refractivity contribution is -0.115. The molecule has 0 saturated heterocycles. The molecule has 0 unspecified atom stereocenters. The van der Waals surface area contributed by atoms with Gasteiger partial charge in [-0.15, -0.1) is 0 Å². The third-order valence-electron chi connectivity index (χ3n) is 2.00. The van der Waals surface area contributed by atoms with Gasteiger partial charge in [0.1, 0.15) is 5.15 Å². The van der Waals surface area contributed by atoms with Crippen LogP contribution in [0.5, 0.6) is 0 Å².